The van der Waals surface area contributed by atoms with E-state index in [1.54, 1.807) is 36.4 Å². The number of amides is 3. The highest BCUT2D eigenvalue weighted by Gasteiger charge is 2.38. The van der Waals surface area contributed by atoms with E-state index in [1.807, 2.05) is 43.3 Å². The Bertz CT molecular complexity index is 1260. The summed E-state index contributed by atoms with van der Waals surface area (Å²) in [7, 11) is 0. The number of rotatable bonds is 6. The number of carbonyl (C=O) groups excluding carboxylic acids is 3. The van der Waals surface area contributed by atoms with E-state index in [0.717, 1.165) is 16.9 Å². The third-order valence-corrected chi connectivity index (χ3v) is 5.68. The quantitative estimate of drug-likeness (QED) is 0.494. The van der Waals surface area contributed by atoms with Crippen molar-refractivity contribution < 1.29 is 14.4 Å². The van der Waals surface area contributed by atoms with E-state index >= 15 is 0 Å². The number of hydrogen-bond donors (Lipinski definition) is 2. The molecule has 0 spiro atoms. The van der Waals surface area contributed by atoms with Gasteiger partial charge in [-0.05, 0) is 61.4 Å². The number of aryl methyl sites for hydroxylation is 2. The fraction of sp³-hybridized carbons (Fsp3) is 0.115. The summed E-state index contributed by atoms with van der Waals surface area (Å²) in [6.07, 6.45) is 0.920. The molecule has 0 unspecified atom stereocenters. The van der Waals surface area contributed by atoms with Crippen LogP contribution in [0.25, 0.3) is 0 Å². The second-order valence-corrected chi connectivity index (χ2v) is 8.06. The molecule has 3 aromatic rings. The zero-order valence-electron chi connectivity index (χ0n) is 18.2. The monoisotopic (exact) mass is 459 g/mol. The summed E-state index contributed by atoms with van der Waals surface area (Å²) >= 11 is 6.21. The first kappa shape index (κ1) is 22.3. The molecule has 0 saturated carbocycles. The van der Waals surface area contributed by atoms with Crippen molar-refractivity contribution in [3.8, 4) is 0 Å². The van der Waals surface area contributed by atoms with Crippen molar-refractivity contribution in [2.45, 2.75) is 20.3 Å². The molecule has 3 amide bonds. The third kappa shape index (κ3) is 4.66. The fourth-order valence-electron chi connectivity index (χ4n) is 3.45. The predicted molar refractivity (Wildman–Crippen MR) is 130 cm³/mol. The van der Waals surface area contributed by atoms with Crippen molar-refractivity contribution >= 4 is 46.4 Å². The van der Waals surface area contributed by atoms with Crippen molar-refractivity contribution in [2.24, 2.45) is 0 Å². The van der Waals surface area contributed by atoms with Gasteiger partial charge >= 0.3 is 0 Å². The Hall–Kier alpha value is -3.90. The summed E-state index contributed by atoms with van der Waals surface area (Å²) in [5, 5.41) is 5.56. The zero-order chi connectivity index (χ0) is 23.5. The van der Waals surface area contributed by atoms with Crippen LogP contribution in [0.15, 0.2) is 83.5 Å². The molecule has 166 valence electrons. The van der Waals surface area contributed by atoms with E-state index in [9.17, 15) is 14.4 Å². The van der Waals surface area contributed by atoms with Crippen LogP contribution in [0.4, 0.5) is 17.1 Å². The van der Waals surface area contributed by atoms with Crippen LogP contribution in [0, 0.1) is 6.92 Å². The molecule has 0 radical (unpaired) electrons. The normalized spacial score (nSPS) is 13.5. The van der Waals surface area contributed by atoms with Gasteiger partial charge in [-0.25, -0.2) is 4.90 Å². The minimum absolute atomic E-state index is 0.0324. The summed E-state index contributed by atoms with van der Waals surface area (Å²) in [4.78, 5) is 39.3. The minimum Gasteiger partial charge on any atom is -0.350 e. The lowest BCUT2D eigenvalue weighted by atomic mass is 10.1. The van der Waals surface area contributed by atoms with Gasteiger partial charge in [0.1, 0.15) is 10.7 Å². The lowest BCUT2D eigenvalue weighted by molar-refractivity contribution is -0.120. The van der Waals surface area contributed by atoms with E-state index in [4.69, 9.17) is 11.6 Å². The first-order valence-corrected chi connectivity index (χ1v) is 10.9. The molecule has 0 aromatic heterocycles. The molecule has 0 atom stereocenters. The Kier molecular flexibility index (Phi) is 6.29. The molecule has 0 bridgehead atoms. The average Bonchev–Trinajstić information content (AvgIpc) is 3.03. The maximum atomic E-state index is 12.9. The van der Waals surface area contributed by atoms with Gasteiger partial charge in [-0.3, -0.25) is 14.4 Å². The molecule has 2 N–H and O–H groups in total. The van der Waals surface area contributed by atoms with Crippen molar-refractivity contribution in [2.75, 3.05) is 15.5 Å². The van der Waals surface area contributed by atoms with Crippen LogP contribution in [0.3, 0.4) is 0 Å². The van der Waals surface area contributed by atoms with E-state index < -0.39 is 11.8 Å². The standard InChI is InChI=1S/C26H22ClN3O3/c1-3-17-9-11-19(12-10-17)29-24(31)18-5-4-6-20(15-18)28-23-22(27)25(32)30(26(23)33)21-13-7-16(2)8-14-21/h4-15,28H,3H2,1-2H3,(H,29,31). The molecule has 0 aliphatic carbocycles. The summed E-state index contributed by atoms with van der Waals surface area (Å²) < 4.78 is 0. The lowest BCUT2D eigenvalue weighted by Crippen LogP contribution is -2.32. The topological polar surface area (TPSA) is 78.5 Å². The number of carbonyl (C=O) groups is 3. The second kappa shape index (κ2) is 9.30. The third-order valence-electron chi connectivity index (χ3n) is 5.33. The summed E-state index contributed by atoms with van der Waals surface area (Å²) in [5.41, 5.74) is 4.13. The fourth-order valence-corrected chi connectivity index (χ4v) is 3.66. The van der Waals surface area contributed by atoms with Gasteiger partial charge in [0.25, 0.3) is 17.7 Å². The highest BCUT2D eigenvalue weighted by atomic mass is 35.5. The maximum Gasteiger partial charge on any atom is 0.283 e. The molecule has 7 heteroatoms. The molecule has 3 aromatic carbocycles. The van der Waals surface area contributed by atoms with Gasteiger partial charge in [-0.2, -0.15) is 0 Å². The number of halogens is 1. The molecular weight excluding hydrogens is 438 g/mol. The molecule has 4 rings (SSSR count). The Balaban J connectivity index is 1.51. The van der Waals surface area contributed by atoms with Crippen LogP contribution >= 0.6 is 11.6 Å². The lowest BCUT2D eigenvalue weighted by Gasteiger charge is -2.15. The largest absolute Gasteiger partial charge is 0.350 e. The molecular formula is C26H22ClN3O3. The first-order chi connectivity index (χ1) is 15.9. The van der Waals surface area contributed by atoms with Gasteiger partial charge in [-0.1, -0.05) is 54.4 Å². The molecule has 1 aliphatic rings. The van der Waals surface area contributed by atoms with Gasteiger partial charge in [-0.15, -0.1) is 0 Å². The van der Waals surface area contributed by atoms with Crippen molar-refractivity contribution in [3.63, 3.8) is 0 Å². The number of hydrogen-bond acceptors (Lipinski definition) is 4. The molecule has 1 heterocycles. The average molecular weight is 460 g/mol. The highest BCUT2D eigenvalue weighted by molar-refractivity contribution is 6.53. The Labute approximate surface area is 196 Å². The van der Waals surface area contributed by atoms with E-state index in [0.29, 0.717) is 22.6 Å². The highest BCUT2D eigenvalue weighted by Crippen LogP contribution is 2.30. The van der Waals surface area contributed by atoms with Crippen LogP contribution < -0.4 is 15.5 Å². The number of benzene rings is 3. The van der Waals surface area contributed by atoms with Gasteiger partial charge in [0, 0.05) is 16.9 Å². The van der Waals surface area contributed by atoms with Gasteiger partial charge in [0.05, 0.1) is 5.69 Å². The van der Waals surface area contributed by atoms with Crippen LogP contribution in [-0.4, -0.2) is 17.7 Å². The van der Waals surface area contributed by atoms with Gasteiger partial charge < -0.3 is 10.6 Å². The van der Waals surface area contributed by atoms with Crippen LogP contribution in [0.1, 0.15) is 28.4 Å². The molecule has 33 heavy (non-hydrogen) atoms. The SMILES string of the molecule is CCc1ccc(NC(=O)c2cccc(NC3=C(Cl)C(=O)N(c4ccc(C)cc4)C3=O)c2)cc1. The van der Waals surface area contributed by atoms with Crippen molar-refractivity contribution in [3.05, 3.63) is 100 Å². The maximum absolute atomic E-state index is 12.9. The van der Waals surface area contributed by atoms with Gasteiger partial charge in [0.2, 0.25) is 0 Å². The number of nitrogens with zero attached hydrogens (tertiary/aromatic N) is 1. The van der Waals surface area contributed by atoms with Crippen LogP contribution in [-0.2, 0) is 16.0 Å². The molecule has 1 aliphatic heterocycles. The van der Waals surface area contributed by atoms with E-state index in [1.165, 1.54) is 5.56 Å². The molecule has 0 saturated heterocycles. The number of imide groups is 1. The predicted octanol–water partition coefficient (Wildman–Crippen LogP) is 5.25. The molecule has 6 nitrogen and oxygen atoms in total. The number of nitrogens with one attached hydrogen (secondary N) is 2. The van der Waals surface area contributed by atoms with E-state index in [2.05, 4.69) is 17.6 Å². The van der Waals surface area contributed by atoms with Gasteiger partial charge in [0.15, 0.2) is 0 Å². The zero-order valence-corrected chi connectivity index (χ0v) is 18.9. The summed E-state index contributed by atoms with van der Waals surface area (Å²) in [5.74, 6) is -1.45. The Morgan fingerprint density at radius 2 is 1.61 bits per heavy atom. The summed E-state index contributed by atoms with van der Waals surface area (Å²) in [6, 6.07) is 21.3. The Morgan fingerprint density at radius 1 is 0.909 bits per heavy atom. The van der Waals surface area contributed by atoms with E-state index in [-0.39, 0.29) is 16.6 Å². The van der Waals surface area contributed by atoms with Crippen molar-refractivity contribution in [1.29, 1.82) is 0 Å². The number of anilines is 3. The Morgan fingerprint density at radius 3 is 2.27 bits per heavy atom. The molecule has 0 fully saturated rings. The van der Waals surface area contributed by atoms with Crippen LogP contribution in [0.2, 0.25) is 0 Å². The summed E-state index contributed by atoms with van der Waals surface area (Å²) in [6.45, 7) is 3.98. The smallest absolute Gasteiger partial charge is 0.283 e. The van der Waals surface area contributed by atoms with Crippen LogP contribution in [0.5, 0.6) is 0 Å². The second-order valence-electron chi connectivity index (χ2n) is 7.68. The minimum atomic E-state index is -0.600. The van der Waals surface area contributed by atoms with Crippen molar-refractivity contribution in [1.82, 2.24) is 0 Å². The first-order valence-electron chi connectivity index (χ1n) is 10.5.